The average molecular weight is 299 g/mol. The number of anilines is 1. The second kappa shape index (κ2) is 7.24. The maximum Gasteiger partial charge on any atom is 0.265 e. The van der Waals surface area contributed by atoms with E-state index in [0.29, 0.717) is 17.0 Å². The fourth-order valence-electron chi connectivity index (χ4n) is 1.88. The summed E-state index contributed by atoms with van der Waals surface area (Å²) in [5.41, 5.74) is 4.17. The molecule has 0 heterocycles. The maximum atomic E-state index is 11.8. The molecule has 4 N–H and O–H groups in total. The fraction of sp³-hybridized carbons (Fsp3) is 0.125. The lowest BCUT2D eigenvalue weighted by molar-refractivity contribution is -0.118. The SMILES string of the molecule is Cc1cccc(NC(=O)COc2cccc(C(=O)NN)c2)c1. The Labute approximate surface area is 128 Å². The number of benzene rings is 2. The second-order valence-corrected chi connectivity index (χ2v) is 4.71. The molecule has 0 unspecified atom stereocenters. The third-order valence-corrected chi connectivity index (χ3v) is 2.90. The molecule has 2 aromatic rings. The van der Waals surface area contributed by atoms with E-state index in [1.54, 1.807) is 24.3 Å². The predicted molar refractivity (Wildman–Crippen MR) is 83.4 cm³/mol. The predicted octanol–water partition coefficient (Wildman–Crippen LogP) is 1.62. The van der Waals surface area contributed by atoms with E-state index in [0.717, 1.165) is 5.56 Å². The summed E-state index contributed by atoms with van der Waals surface area (Å²) in [5, 5.41) is 2.74. The van der Waals surface area contributed by atoms with Gasteiger partial charge in [-0.2, -0.15) is 0 Å². The van der Waals surface area contributed by atoms with E-state index in [4.69, 9.17) is 10.6 Å². The van der Waals surface area contributed by atoms with Crippen molar-refractivity contribution in [3.63, 3.8) is 0 Å². The molecule has 0 spiro atoms. The van der Waals surface area contributed by atoms with E-state index >= 15 is 0 Å². The Morgan fingerprint density at radius 1 is 1.14 bits per heavy atom. The van der Waals surface area contributed by atoms with Crippen LogP contribution in [0.2, 0.25) is 0 Å². The average Bonchev–Trinajstić information content (AvgIpc) is 2.52. The lowest BCUT2D eigenvalue weighted by atomic mass is 10.2. The number of carbonyl (C=O) groups is 2. The van der Waals surface area contributed by atoms with Gasteiger partial charge in [-0.15, -0.1) is 0 Å². The van der Waals surface area contributed by atoms with E-state index in [-0.39, 0.29) is 12.5 Å². The number of carbonyl (C=O) groups excluding carboxylic acids is 2. The van der Waals surface area contributed by atoms with Gasteiger partial charge in [0.25, 0.3) is 11.8 Å². The molecule has 6 heteroatoms. The van der Waals surface area contributed by atoms with Gasteiger partial charge >= 0.3 is 0 Å². The van der Waals surface area contributed by atoms with E-state index in [1.165, 1.54) is 6.07 Å². The molecule has 2 amide bonds. The van der Waals surface area contributed by atoms with Crippen molar-refractivity contribution in [3.05, 3.63) is 59.7 Å². The zero-order valence-electron chi connectivity index (χ0n) is 12.1. The van der Waals surface area contributed by atoms with Gasteiger partial charge < -0.3 is 10.1 Å². The summed E-state index contributed by atoms with van der Waals surface area (Å²) in [7, 11) is 0. The lowest BCUT2D eigenvalue weighted by Crippen LogP contribution is -2.29. The number of hydrazine groups is 1. The molecule has 0 saturated heterocycles. The molecule has 22 heavy (non-hydrogen) atoms. The normalized spacial score (nSPS) is 9.91. The molecular weight excluding hydrogens is 282 g/mol. The zero-order valence-corrected chi connectivity index (χ0v) is 12.1. The standard InChI is InChI=1S/C16H17N3O3/c1-11-4-2-6-13(8-11)18-15(20)10-22-14-7-3-5-12(9-14)16(21)19-17/h2-9H,10,17H2,1H3,(H,18,20)(H,19,21). The zero-order chi connectivity index (χ0) is 15.9. The van der Waals surface area contributed by atoms with Crippen LogP contribution in [-0.4, -0.2) is 18.4 Å². The van der Waals surface area contributed by atoms with Crippen molar-refractivity contribution in [2.24, 2.45) is 5.84 Å². The third kappa shape index (κ3) is 4.32. The minimum absolute atomic E-state index is 0.151. The van der Waals surface area contributed by atoms with Gasteiger partial charge in [0.1, 0.15) is 5.75 Å². The summed E-state index contributed by atoms with van der Waals surface area (Å²) in [6, 6.07) is 13.9. The van der Waals surface area contributed by atoms with Crippen LogP contribution in [0.3, 0.4) is 0 Å². The van der Waals surface area contributed by atoms with E-state index in [1.807, 2.05) is 30.5 Å². The first-order valence-corrected chi connectivity index (χ1v) is 6.69. The Morgan fingerprint density at radius 2 is 1.91 bits per heavy atom. The molecule has 0 saturated carbocycles. The van der Waals surface area contributed by atoms with Crippen molar-refractivity contribution >= 4 is 17.5 Å². The minimum atomic E-state index is -0.422. The van der Waals surface area contributed by atoms with Gasteiger partial charge in [-0.25, -0.2) is 5.84 Å². The number of ether oxygens (including phenoxy) is 1. The van der Waals surface area contributed by atoms with E-state index in [9.17, 15) is 9.59 Å². The van der Waals surface area contributed by atoms with Gasteiger partial charge in [-0.3, -0.25) is 15.0 Å². The van der Waals surface area contributed by atoms with Gasteiger partial charge in [0.15, 0.2) is 6.61 Å². The smallest absolute Gasteiger partial charge is 0.265 e. The summed E-state index contributed by atoms with van der Waals surface area (Å²) >= 11 is 0. The van der Waals surface area contributed by atoms with Gasteiger partial charge in [0.05, 0.1) is 0 Å². The van der Waals surface area contributed by atoms with Crippen molar-refractivity contribution in [3.8, 4) is 5.75 Å². The van der Waals surface area contributed by atoms with Gasteiger partial charge in [0, 0.05) is 11.3 Å². The molecule has 0 radical (unpaired) electrons. The van der Waals surface area contributed by atoms with Crippen LogP contribution in [0.25, 0.3) is 0 Å². The Bertz CT molecular complexity index is 686. The van der Waals surface area contributed by atoms with Crippen LogP contribution in [0.15, 0.2) is 48.5 Å². The number of nitrogens with one attached hydrogen (secondary N) is 2. The monoisotopic (exact) mass is 299 g/mol. The Morgan fingerprint density at radius 3 is 2.64 bits per heavy atom. The summed E-state index contributed by atoms with van der Waals surface area (Å²) in [6.07, 6.45) is 0. The van der Waals surface area contributed by atoms with Crippen molar-refractivity contribution in [2.45, 2.75) is 6.92 Å². The Hall–Kier alpha value is -2.86. The molecule has 2 aromatic carbocycles. The van der Waals surface area contributed by atoms with Crippen LogP contribution < -0.4 is 21.3 Å². The summed E-state index contributed by atoms with van der Waals surface area (Å²) in [6.45, 7) is 1.79. The number of hydrogen-bond acceptors (Lipinski definition) is 4. The highest BCUT2D eigenvalue weighted by Gasteiger charge is 2.07. The molecule has 0 aromatic heterocycles. The van der Waals surface area contributed by atoms with Crippen LogP contribution in [-0.2, 0) is 4.79 Å². The van der Waals surface area contributed by atoms with Crippen molar-refractivity contribution in [2.75, 3.05) is 11.9 Å². The summed E-state index contributed by atoms with van der Waals surface area (Å²) in [4.78, 5) is 23.2. The van der Waals surface area contributed by atoms with Gasteiger partial charge in [-0.1, -0.05) is 18.2 Å². The Balaban J connectivity index is 1.92. The molecule has 6 nitrogen and oxygen atoms in total. The molecule has 114 valence electrons. The van der Waals surface area contributed by atoms with Crippen LogP contribution in [0.5, 0.6) is 5.75 Å². The van der Waals surface area contributed by atoms with E-state index in [2.05, 4.69) is 5.32 Å². The fourth-order valence-corrected chi connectivity index (χ4v) is 1.88. The summed E-state index contributed by atoms with van der Waals surface area (Å²) < 4.78 is 5.37. The van der Waals surface area contributed by atoms with Crippen LogP contribution >= 0.6 is 0 Å². The number of aryl methyl sites for hydroxylation is 1. The molecule has 0 bridgehead atoms. The number of nitrogens with two attached hydrogens (primary N) is 1. The molecule has 0 atom stereocenters. The minimum Gasteiger partial charge on any atom is -0.484 e. The summed E-state index contributed by atoms with van der Waals surface area (Å²) in [5.74, 6) is 4.79. The number of rotatable bonds is 5. The van der Waals surface area contributed by atoms with Crippen LogP contribution in [0.1, 0.15) is 15.9 Å². The number of hydrogen-bond donors (Lipinski definition) is 3. The molecule has 0 aliphatic rings. The quantitative estimate of drug-likeness (QED) is 0.444. The van der Waals surface area contributed by atoms with Crippen molar-refractivity contribution in [1.29, 1.82) is 0 Å². The third-order valence-electron chi connectivity index (χ3n) is 2.90. The Kier molecular flexibility index (Phi) is 5.11. The highest BCUT2D eigenvalue weighted by atomic mass is 16.5. The second-order valence-electron chi connectivity index (χ2n) is 4.71. The molecule has 0 fully saturated rings. The largest absolute Gasteiger partial charge is 0.484 e. The van der Waals surface area contributed by atoms with Gasteiger partial charge in [0.2, 0.25) is 0 Å². The first-order chi connectivity index (χ1) is 10.6. The molecular formula is C16H17N3O3. The first-order valence-electron chi connectivity index (χ1n) is 6.69. The maximum absolute atomic E-state index is 11.8. The molecule has 2 rings (SSSR count). The van der Waals surface area contributed by atoms with Crippen molar-refractivity contribution < 1.29 is 14.3 Å². The van der Waals surface area contributed by atoms with E-state index < -0.39 is 5.91 Å². The first kappa shape index (κ1) is 15.5. The molecule has 0 aliphatic carbocycles. The lowest BCUT2D eigenvalue weighted by Gasteiger charge is -2.09. The number of nitrogen functional groups attached to an aromatic ring is 1. The number of amides is 2. The van der Waals surface area contributed by atoms with Gasteiger partial charge in [-0.05, 0) is 42.8 Å². The van der Waals surface area contributed by atoms with Crippen molar-refractivity contribution in [1.82, 2.24) is 5.43 Å². The highest BCUT2D eigenvalue weighted by molar-refractivity contribution is 5.94. The highest BCUT2D eigenvalue weighted by Crippen LogP contribution is 2.14. The van der Waals surface area contributed by atoms with Crippen LogP contribution in [0, 0.1) is 6.92 Å². The molecule has 0 aliphatic heterocycles. The van der Waals surface area contributed by atoms with Crippen LogP contribution in [0.4, 0.5) is 5.69 Å². The topological polar surface area (TPSA) is 93.4 Å².